The van der Waals surface area contributed by atoms with Gasteiger partial charge in [-0.3, -0.25) is 9.69 Å². The van der Waals surface area contributed by atoms with E-state index in [1.54, 1.807) is 12.1 Å². The number of piperazine rings is 1. The van der Waals surface area contributed by atoms with Crippen LogP contribution in [-0.2, 0) is 4.79 Å². The highest BCUT2D eigenvalue weighted by molar-refractivity contribution is 5.78. The number of nitrogens with zero attached hydrogens (tertiary/aromatic N) is 3. The van der Waals surface area contributed by atoms with Crippen molar-refractivity contribution in [1.29, 1.82) is 0 Å². The maximum atomic E-state index is 13.0. The first kappa shape index (κ1) is 16.2. The molecule has 2 aliphatic rings. The highest BCUT2D eigenvalue weighted by atomic mass is 19.1. The first-order valence-corrected chi connectivity index (χ1v) is 8.30. The molecule has 0 bridgehead atoms. The van der Waals surface area contributed by atoms with E-state index >= 15 is 0 Å². The zero-order valence-electron chi connectivity index (χ0n) is 13.3. The summed E-state index contributed by atoms with van der Waals surface area (Å²) in [6.07, 6.45) is 2.26. The fourth-order valence-corrected chi connectivity index (χ4v) is 3.10. The van der Waals surface area contributed by atoms with Gasteiger partial charge >= 0.3 is 0 Å². The van der Waals surface area contributed by atoms with Crippen molar-refractivity contribution < 1.29 is 14.3 Å². The summed E-state index contributed by atoms with van der Waals surface area (Å²) in [4.78, 5) is 18.6. The molecule has 1 aromatic carbocycles. The lowest BCUT2D eigenvalue weighted by Gasteiger charge is -2.37. The Labute approximate surface area is 136 Å². The van der Waals surface area contributed by atoms with E-state index in [1.807, 2.05) is 4.90 Å². The number of aliphatic hydroxyl groups is 1. The fraction of sp³-hybridized carbons (Fsp3) is 0.588. The van der Waals surface area contributed by atoms with E-state index < -0.39 is 0 Å². The second-order valence-corrected chi connectivity index (χ2v) is 6.27. The fourth-order valence-electron chi connectivity index (χ4n) is 3.10. The first-order valence-electron chi connectivity index (χ1n) is 8.30. The average Bonchev–Trinajstić information content (AvgIpc) is 3.40. The predicted molar refractivity (Wildman–Crippen MR) is 86.9 cm³/mol. The van der Waals surface area contributed by atoms with Crippen LogP contribution in [0.2, 0.25) is 0 Å². The van der Waals surface area contributed by atoms with Gasteiger partial charge in [0.15, 0.2) is 0 Å². The van der Waals surface area contributed by atoms with E-state index in [2.05, 4.69) is 9.80 Å². The van der Waals surface area contributed by atoms with E-state index in [4.69, 9.17) is 5.11 Å². The number of halogens is 1. The van der Waals surface area contributed by atoms with Gasteiger partial charge in [-0.25, -0.2) is 4.39 Å². The monoisotopic (exact) mass is 321 g/mol. The first-order chi connectivity index (χ1) is 11.2. The van der Waals surface area contributed by atoms with Crippen molar-refractivity contribution in [2.75, 3.05) is 50.8 Å². The Morgan fingerprint density at radius 2 is 1.83 bits per heavy atom. The lowest BCUT2D eigenvalue weighted by Crippen LogP contribution is -2.51. The Balaban J connectivity index is 1.49. The van der Waals surface area contributed by atoms with Crippen LogP contribution in [0.15, 0.2) is 24.3 Å². The van der Waals surface area contributed by atoms with Crippen LogP contribution in [0.4, 0.5) is 10.1 Å². The molecule has 1 saturated carbocycles. The molecule has 2 fully saturated rings. The molecule has 1 amide bonds. The van der Waals surface area contributed by atoms with Crippen molar-refractivity contribution in [1.82, 2.24) is 9.80 Å². The molecule has 0 atom stereocenters. The highest BCUT2D eigenvalue weighted by Gasteiger charge is 2.31. The zero-order chi connectivity index (χ0) is 16.2. The van der Waals surface area contributed by atoms with E-state index in [-0.39, 0.29) is 18.3 Å². The minimum absolute atomic E-state index is 0.0993. The third kappa shape index (κ3) is 4.20. The summed E-state index contributed by atoms with van der Waals surface area (Å²) >= 11 is 0. The second kappa shape index (κ2) is 7.27. The van der Waals surface area contributed by atoms with Gasteiger partial charge in [0.1, 0.15) is 5.82 Å². The number of hydrogen-bond acceptors (Lipinski definition) is 4. The summed E-state index contributed by atoms with van der Waals surface area (Å²) in [5.41, 5.74) is 0.999. The van der Waals surface area contributed by atoms with Gasteiger partial charge in [-0.05, 0) is 37.1 Å². The van der Waals surface area contributed by atoms with Gasteiger partial charge in [0.05, 0.1) is 13.2 Å². The molecule has 1 heterocycles. The molecular formula is C17H24FN3O2. The van der Waals surface area contributed by atoms with Crippen LogP contribution in [0.1, 0.15) is 12.8 Å². The van der Waals surface area contributed by atoms with Crippen LogP contribution < -0.4 is 4.90 Å². The highest BCUT2D eigenvalue weighted by Crippen LogP contribution is 2.26. The Kier molecular flexibility index (Phi) is 5.13. The molecule has 1 saturated heterocycles. The summed E-state index contributed by atoms with van der Waals surface area (Å²) in [5.74, 6) is -0.0873. The van der Waals surface area contributed by atoms with Crippen LogP contribution in [0.3, 0.4) is 0 Å². The maximum absolute atomic E-state index is 13.0. The molecule has 1 aliphatic carbocycles. The summed E-state index contributed by atoms with van der Waals surface area (Å²) in [5, 5.41) is 9.12. The van der Waals surface area contributed by atoms with Crippen molar-refractivity contribution in [2.24, 2.45) is 0 Å². The molecule has 1 aliphatic heterocycles. The molecule has 6 heteroatoms. The van der Waals surface area contributed by atoms with Crippen molar-refractivity contribution in [3.05, 3.63) is 30.1 Å². The van der Waals surface area contributed by atoms with Crippen molar-refractivity contribution in [3.63, 3.8) is 0 Å². The smallest absolute Gasteiger partial charge is 0.236 e. The van der Waals surface area contributed by atoms with Gasteiger partial charge in [0.25, 0.3) is 0 Å². The normalized spacial score (nSPS) is 18.6. The van der Waals surface area contributed by atoms with Crippen molar-refractivity contribution in [3.8, 4) is 0 Å². The third-order valence-electron chi connectivity index (χ3n) is 4.61. The van der Waals surface area contributed by atoms with Crippen molar-refractivity contribution in [2.45, 2.75) is 18.9 Å². The summed E-state index contributed by atoms with van der Waals surface area (Å²) in [7, 11) is 0. The van der Waals surface area contributed by atoms with Gasteiger partial charge in [-0.15, -0.1) is 0 Å². The number of carbonyl (C=O) groups is 1. The Hall–Kier alpha value is -1.66. The Morgan fingerprint density at radius 1 is 1.17 bits per heavy atom. The van der Waals surface area contributed by atoms with Crippen molar-refractivity contribution >= 4 is 11.6 Å². The third-order valence-corrected chi connectivity index (χ3v) is 4.61. The minimum atomic E-state index is -0.230. The average molecular weight is 321 g/mol. The molecule has 1 N–H and O–H groups in total. The van der Waals surface area contributed by atoms with E-state index in [1.165, 1.54) is 12.1 Å². The van der Waals surface area contributed by atoms with Crippen LogP contribution in [0.5, 0.6) is 0 Å². The summed E-state index contributed by atoms with van der Waals surface area (Å²) < 4.78 is 13.0. The quantitative estimate of drug-likeness (QED) is 0.847. The van der Waals surface area contributed by atoms with Gasteiger partial charge in [-0.1, -0.05) is 0 Å². The van der Waals surface area contributed by atoms with Gasteiger partial charge in [0, 0.05) is 44.5 Å². The molecule has 0 aromatic heterocycles. The molecule has 23 heavy (non-hydrogen) atoms. The number of hydrogen-bond donors (Lipinski definition) is 1. The van der Waals surface area contributed by atoms with Crippen LogP contribution in [0, 0.1) is 5.82 Å². The summed E-state index contributed by atoms with van der Waals surface area (Å²) in [6.45, 7) is 3.99. The lowest BCUT2D eigenvalue weighted by molar-refractivity contribution is -0.133. The lowest BCUT2D eigenvalue weighted by atomic mass is 10.2. The maximum Gasteiger partial charge on any atom is 0.236 e. The van der Waals surface area contributed by atoms with Crippen LogP contribution >= 0.6 is 0 Å². The second-order valence-electron chi connectivity index (χ2n) is 6.27. The summed E-state index contributed by atoms with van der Waals surface area (Å²) in [6, 6.07) is 6.97. The zero-order valence-corrected chi connectivity index (χ0v) is 13.3. The molecule has 3 rings (SSSR count). The van der Waals surface area contributed by atoms with Gasteiger partial charge in [0.2, 0.25) is 5.91 Å². The topological polar surface area (TPSA) is 47.0 Å². The molecule has 126 valence electrons. The number of rotatable bonds is 6. The molecule has 0 radical (unpaired) electrons. The SMILES string of the molecule is O=C(CN(CCO)C1CC1)N1CCN(c2ccc(F)cc2)CC1. The number of benzene rings is 1. The van der Waals surface area contributed by atoms with Gasteiger partial charge < -0.3 is 14.9 Å². The number of amides is 1. The van der Waals surface area contributed by atoms with Crippen LogP contribution in [-0.4, -0.2) is 72.7 Å². The largest absolute Gasteiger partial charge is 0.395 e. The van der Waals surface area contributed by atoms with E-state index in [0.717, 1.165) is 31.6 Å². The molecule has 1 aromatic rings. The molecule has 0 spiro atoms. The predicted octanol–water partition coefficient (Wildman–Crippen LogP) is 0.931. The number of anilines is 1. The molecule has 0 unspecified atom stereocenters. The number of carbonyl (C=O) groups excluding carboxylic acids is 1. The van der Waals surface area contributed by atoms with E-state index in [0.29, 0.717) is 32.2 Å². The van der Waals surface area contributed by atoms with Crippen LogP contribution in [0.25, 0.3) is 0 Å². The molecular weight excluding hydrogens is 297 g/mol. The number of aliphatic hydroxyl groups excluding tert-OH is 1. The minimum Gasteiger partial charge on any atom is -0.395 e. The molecule has 5 nitrogen and oxygen atoms in total. The van der Waals surface area contributed by atoms with E-state index in [9.17, 15) is 9.18 Å². The van der Waals surface area contributed by atoms with Gasteiger partial charge in [-0.2, -0.15) is 0 Å². The Morgan fingerprint density at radius 3 is 2.39 bits per heavy atom. The standard InChI is InChI=1S/C17H24FN3O2/c18-14-1-3-15(4-2-14)19-7-9-20(10-8-19)17(23)13-21(11-12-22)16-5-6-16/h1-4,16,22H,5-13H2. The Bertz CT molecular complexity index is 525.